The summed E-state index contributed by atoms with van der Waals surface area (Å²) in [7, 11) is 0. The second kappa shape index (κ2) is 6.42. The average molecular weight is 314 g/mol. The van der Waals surface area contributed by atoms with Gasteiger partial charge in [0.1, 0.15) is 4.88 Å². The van der Waals surface area contributed by atoms with Crippen molar-refractivity contribution in [2.45, 2.75) is 18.9 Å². The smallest absolute Gasteiger partial charge is 0.263 e. The van der Waals surface area contributed by atoms with E-state index in [9.17, 15) is 9.90 Å². The van der Waals surface area contributed by atoms with Crippen LogP contribution in [-0.4, -0.2) is 22.0 Å². The molecule has 5 heteroatoms. The van der Waals surface area contributed by atoms with Crippen LogP contribution in [0.5, 0.6) is 0 Å². The van der Waals surface area contributed by atoms with Crippen LogP contribution in [0.15, 0.2) is 54.7 Å². The minimum absolute atomic E-state index is 0.0303. The van der Waals surface area contributed by atoms with Gasteiger partial charge in [0.25, 0.3) is 5.91 Å². The van der Waals surface area contributed by atoms with Gasteiger partial charge in [-0.15, -0.1) is 0 Å². The number of rotatable bonds is 5. The lowest BCUT2D eigenvalue weighted by Gasteiger charge is -2.37. The first kappa shape index (κ1) is 14.9. The Morgan fingerprint density at radius 3 is 2.59 bits per heavy atom. The molecule has 22 heavy (non-hydrogen) atoms. The van der Waals surface area contributed by atoms with Gasteiger partial charge in [-0.1, -0.05) is 42.5 Å². The van der Waals surface area contributed by atoms with Crippen molar-refractivity contribution in [2.75, 3.05) is 6.61 Å². The molecule has 1 aliphatic carbocycles. The van der Waals surface area contributed by atoms with Crippen molar-refractivity contribution in [3.05, 3.63) is 65.2 Å². The van der Waals surface area contributed by atoms with Crippen molar-refractivity contribution in [1.29, 1.82) is 0 Å². The molecule has 3 rings (SSSR count). The van der Waals surface area contributed by atoms with Crippen LogP contribution in [-0.2, 0) is 0 Å². The number of aliphatic hydroxyl groups excluding tert-OH is 1. The Morgan fingerprint density at radius 2 is 2.00 bits per heavy atom. The van der Waals surface area contributed by atoms with Crippen LogP contribution in [0, 0.1) is 5.41 Å². The maximum Gasteiger partial charge on any atom is 0.263 e. The van der Waals surface area contributed by atoms with Gasteiger partial charge < -0.3 is 10.4 Å². The van der Waals surface area contributed by atoms with E-state index >= 15 is 0 Å². The van der Waals surface area contributed by atoms with Crippen molar-refractivity contribution in [3.8, 4) is 0 Å². The zero-order chi connectivity index (χ0) is 15.4. The van der Waals surface area contributed by atoms with Crippen LogP contribution in [0.25, 0.3) is 0 Å². The Labute approximate surface area is 133 Å². The standard InChI is InChI=1S/C17H18N2O2S/c20-12-17(9-4-5-10-17)15(13-6-2-1-3-7-13)19-16(21)14-8-11-18-22-14/h1-8,11,15,20H,9-10,12H2,(H,19,21). The van der Waals surface area contributed by atoms with Crippen LogP contribution < -0.4 is 5.32 Å². The van der Waals surface area contributed by atoms with E-state index in [-0.39, 0.29) is 24.0 Å². The lowest BCUT2D eigenvalue weighted by atomic mass is 9.75. The molecule has 1 aromatic carbocycles. The molecule has 0 fully saturated rings. The Bertz CT molecular complexity index is 645. The number of aliphatic hydroxyl groups is 1. The second-order valence-corrected chi connectivity index (χ2v) is 6.43. The molecule has 2 aromatic rings. The Kier molecular flexibility index (Phi) is 4.36. The third kappa shape index (κ3) is 2.82. The van der Waals surface area contributed by atoms with E-state index in [0.29, 0.717) is 4.88 Å². The molecule has 0 spiro atoms. The molecule has 0 radical (unpaired) electrons. The molecule has 0 saturated heterocycles. The van der Waals surface area contributed by atoms with Crippen LogP contribution in [0.1, 0.15) is 34.1 Å². The van der Waals surface area contributed by atoms with Gasteiger partial charge in [-0.25, -0.2) is 4.37 Å². The normalized spacial score (nSPS) is 17.3. The van der Waals surface area contributed by atoms with E-state index in [4.69, 9.17) is 0 Å². The lowest BCUT2D eigenvalue weighted by molar-refractivity contribution is 0.0729. The minimum atomic E-state index is -0.373. The minimum Gasteiger partial charge on any atom is -0.396 e. The molecule has 2 N–H and O–H groups in total. The number of nitrogens with one attached hydrogen (secondary N) is 1. The molecule has 0 saturated carbocycles. The summed E-state index contributed by atoms with van der Waals surface area (Å²) in [5.41, 5.74) is 0.639. The van der Waals surface area contributed by atoms with Crippen molar-refractivity contribution in [3.63, 3.8) is 0 Å². The predicted octanol–water partition coefficient (Wildman–Crippen LogP) is 2.94. The highest BCUT2D eigenvalue weighted by Crippen LogP contribution is 2.44. The highest BCUT2D eigenvalue weighted by molar-refractivity contribution is 7.08. The maximum atomic E-state index is 12.5. The Morgan fingerprint density at radius 1 is 1.27 bits per heavy atom. The number of amides is 1. The topological polar surface area (TPSA) is 62.2 Å². The summed E-state index contributed by atoms with van der Waals surface area (Å²) < 4.78 is 3.98. The van der Waals surface area contributed by atoms with E-state index in [1.165, 1.54) is 11.5 Å². The lowest BCUT2D eigenvalue weighted by Crippen LogP contribution is -2.42. The Hall–Kier alpha value is -1.98. The summed E-state index contributed by atoms with van der Waals surface area (Å²) in [6.45, 7) is 0.0303. The third-order valence-electron chi connectivity index (χ3n) is 4.21. The molecule has 1 amide bonds. The monoisotopic (exact) mass is 314 g/mol. The number of hydrogen-bond acceptors (Lipinski definition) is 4. The summed E-state index contributed by atoms with van der Waals surface area (Å²) in [5, 5.41) is 13.1. The summed E-state index contributed by atoms with van der Waals surface area (Å²) in [5.74, 6) is -0.143. The molecule has 1 atom stereocenters. The molecule has 0 bridgehead atoms. The zero-order valence-electron chi connectivity index (χ0n) is 12.1. The van der Waals surface area contributed by atoms with E-state index in [0.717, 1.165) is 18.4 Å². The molecule has 1 unspecified atom stereocenters. The average Bonchev–Trinajstić information content (AvgIpc) is 3.25. The maximum absolute atomic E-state index is 12.5. The molecule has 1 heterocycles. The van der Waals surface area contributed by atoms with E-state index in [1.807, 2.05) is 30.3 Å². The summed E-state index contributed by atoms with van der Waals surface area (Å²) in [4.78, 5) is 13.0. The first-order chi connectivity index (χ1) is 10.7. The number of carbonyl (C=O) groups excluding carboxylic acids is 1. The number of nitrogens with zero attached hydrogens (tertiary/aromatic N) is 1. The number of benzene rings is 1. The highest BCUT2D eigenvalue weighted by atomic mass is 32.1. The van der Waals surface area contributed by atoms with Gasteiger partial charge in [-0.2, -0.15) is 0 Å². The van der Waals surface area contributed by atoms with E-state index in [2.05, 4.69) is 21.8 Å². The molecular weight excluding hydrogens is 296 g/mol. The van der Waals surface area contributed by atoms with Gasteiger partial charge in [0.15, 0.2) is 0 Å². The van der Waals surface area contributed by atoms with Crippen LogP contribution in [0.2, 0.25) is 0 Å². The summed E-state index contributed by atoms with van der Waals surface area (Å²) >= 11 is 1.18. The Balaban J connectivity index is 1.91. The highest BCUT2D eigenvalue weighted by Gasteiger charge is 2.40. The van der Waals surface area contributed by atoms with Crippen molar-refractivity contribution < 1.29 is 9.90 Å². The molecule has 1 aliphatic rings. The molecule has 4 nitrogen and oxygen atoms in total. The van der Waals surface area contributed by atoms with Gasteiger partial charge >= 0.3 is 0 Å². The van der Waals surface area contributed by atoms with Crippen molar-refractivity contribution in [1.82, 2.24) is 9.69 Å². The van der Waals surface area contributed by atoms with Gasteiger partial charge in [-0.3, -0.25) is 4.79 Å². The summed E-state index contributed by atoms with van der Waals surface area (Å²) in [6, 6.07) is 11.3. The van der Waals surface area contributed by atoms with Gasteiger partial charge in [-0.05, 0) is 36.0 Å². The van der Waals surface area contributed by atoms with Crippen molar-refractivity contribution in [2.24, 2.45) is 5.41 Å². The second-order valence-electron chi connectivity index (χ2n) is 5.59. The fourth-order valence-corrected chi connectivity index (χ4v) is 3.44. The quantitative estimate of drug-likeness (QED) is 0.834. The first-order valence-corrected chi connectivity index (χ1v) is 8.05. The SMILES string of the molecule is O=C(NC(c1ccccc1)C1(CO)CC=CC1)c1ccns1. The fraction of sp³-hybridized carbons (Fsp3) is 0.294. The van der Waals surface area contributed by atoms with Crippen molar-refractivity contribution >= 4 is 17.4 Å². The molecular formula is C17H18N2O2S. The predicted molar refractivity (Wildman–Crippen MR) is 86.7 cm³/mol. The molecule has 0 aliphatic heterocycles. The van der Waals surface area contributed by atoms with Crippen LogP contribution >= 0.6 is 11.5 Å². The number of hydrogen-bond donors (Lipinski definition) is 2. The number of carbonyl (C=O) groups is 1. The first-order valence-electron chi connectivity index (χ1n) is 7.27. The summed E-state index contributed by atoms with van der Waals surface area (Å²) in [6.07, 6.45) is 7.28. The fourth-order valence-electron chi connectivity index (χ4n) is 2.95. The largest absolute Gasteiger partial charge is 0.396 e. The molecule has 1 aromatic heterocycles. The van der Waals surface area contributed by atoms with Gasteiger partial charge in [0.05, 0.1) is 12.6 Å². The number of allylic oxidation sites excluding steroid dienone is 2. The van der Waals surface area contributed by atoms with Crippen LogP contribution in [0.3, 0.4) is 0 Å². The van der Waals surface area contributed by atoms with Gasteiger partial charge in [0, 0.05) is 11.6 Å². The number of aromatic nitrogens is 1. The zero-order valence-corrected chi connectivity index (χ0v) is 12.9. The van der Waals surface area contributed by atoms with Gasteiger partial charge in [0.2, 0.25) is 0 Å². The third-order valence-corrected chi connectivity index (χ3v) is 4.96. The van der Waals surface area contributed by atoms with E-state index < -0.39 is 0 Å². The van der Waals surface area contributed by atoms with E-state index in [1.54, 1.807) is 12.3 Å². The molecule has 114 valence electrons. The van der Waals surface area contributed by atoms with Crippen LogP contribution in [0.4, 0.5) is 0 Å².